The fourth-order valence-electron chi connectivity index (χ4n) is 2.48. The number of rotatable bonds is 2. The summed E-state index contributed by atoms with van der Waals surface area (Å²) in [6, 6.07) is 4.69. The van der Waals surface area contributed by atoms with Gasteiger partial charge in [-0.25, -0.2) is 13.2 Å². The van der Waals surface area contributed by atoms with Crippen molar-refractivity contribution in [1.29, 1.82) is 0 Å². The Labute approximate surface area is 127 Å². The first-order chi connectivity index (χ1) is 9.99. The third-order valence-corrected chi connectivity index (χ3v) is 3.97. The average molecular weight is 358 g/mol. The van der Waals surface area contributed by atoms with Crippen LogP contribution in [0.25, 0.3) is 0 Å². The largest absolute Gasteiger partial charge is 0.493 e. The third-order valence-electron chi connectivity index (χ3n) is 3.51. The number of ether oxygens (including phenoxy) is 1. The smallest absolute Gasteiger partial charge is 0.194 e. The lowest BCUT2D eigenvalue weighted by molar-refractivity contribution is 0.352. The summed E-state index contributed by atoms with van der Waals surface area (Å²) in [5.74, 6) is -3.43. The van der Waals surface area contributed by atoms with Gasteiger partial charge in [-0.2, -0.15) is 0 Å². The van der Waals surface area contributed by atoms with E-state index >= 15 is 0 Å². The summed E-state index contributed by atoms with van der Waals surface area (Å²) >= 11 is 3.36. The van der Waals surface area contributed by atoms with Crippen LogP contribution in [0.1, 0.15) is 22.7 Å². The lowest BCUT2D eigenvalue weighted by Crippen LogP contribution is -2.16. The van der Waals surface area contributed by atoms with E-state index in [2.05, 4.69) is 15.9 Å². The number of benzene rings is 2. The minimum absolute atomic E-state index is 0.107. The summed E-state index contributed by atoms with van der Waals surface area (Å²) in [6.07, 6.45) is 0.731. The molecule has 0 radical (unpaired) electrons. The van der Waals surface area contributed by atoms with E-state index in [1.54, 1.807) is 6.07 Å². The lowest BCUT2D eigenvalue weighted by Gasteiger charge is -2.17. The van der Waals surface area contributed by atoms with Crippen molar-refractivity contribution in [3.8, 4) is 5.75 Å². The van der Waals surface area contributed by atoms with E-state index in [4.69, 9.17) is 10.5 Å². The van der Waals surface area contributed by atoms with Crippen LogP contribution in [0.5, 0.6) is 5.75 Å². The summed E-state index contributed by atoms with van der Waals surface area (Å²) in [5, 5.41) is 0. The minimum Gasteiger partial charge on any atom is -0.493 e. The highest BCUT2D eigenvalue weighted by atomic mass is 79.9. The Kier molecular flexibility index (Phi) is 3.67. The van der Waals surface area contributed by atoms with Crippen LogP contribution in [0.15, 0.2) is 28.7 Å². The number of fused-ring (bicyclic) bond motifs is 1. The van der Waals surface area contributed by atoms with Gasteiger partial charge < -0.3 is 10.5 Å². The monoisotopic (exact) mass is 357 g/mol. The Bertz CT molecular complexity index is 721. The van der Waals surface area contributed by atoms with E-state index in [-0.39, 0.29) is 5.56 Å². The highest BCUT2D eigenvalue weighted by Gasteiger charge is 2.25. The molecule has 6 heteroatoms. The second-order valence-corrected chi connectivity index (χ2v) is 5.74. The van der Waals surface area contributed by atoms with E-state index < -0.39 is 23.5 Å². The highest BCUT2D eigenvalue weighted by Crippen LogP contribution is 2.38. The van der Waals surface area contributed by atoms with Crippen LogP contribution in [-0.4, -0.2) is 6.61 Å². The number of halogens is 4. The van der Waals surface area contributed by atoms with Gasteiger partial charge in [-0.1, -0.05) is 22.0 Å². The molecule has 1 unspecified atom stereocenters. The summed E-state index contributed by atoms with van der Waals surface area (Å²) in [7, 11) is 0. The second-order valence-electron chi connectivity index (χ2n) is 4.82. The first kappa shape index (κ1) is 14.4. The molecule has 1 atom stereocenters. The molecule has 3 rings (SSSR count). The van der Waals surface area contributed by atoms with Gasteiger partial charge in [-0.3, -0.25) is 0 Å². The summed E-state index contributed by atoms with van der Waals surface area (Å²) in [5.41, 5.74) is 7.44. The average Bonchev–Trinajstić information content (AvgIpc) is 2.91. The Morgan fingerprint density at radius 2 is 1.86 bits per heavy atom. The molecule has 2 aromatic rings. The molecule has 0 aromatic heterocycles. The topological polar surface area (TPSA) is 35.2 Å². The van der Waals surface area contributed by atoms with Gasteiger partial charge in [-0.05, 0) is 23.8 Å². The zero-order chi connectivity index (χ0) is 15.1. The van der Waals surface area contributed by atoms with Crippen LogP contribution >= 0.6 is 15.9 Å². The van der Waals surface area contributed by atoms with Crippen molar-refractivity contribution in [2.24, 2.45) is 5.73 Å². The van der Waals surface area contributed by atoms with Gasteiger partial charge >= 0.3 is 0 Å². The SMILES string of the molecule is NC(c1ccc(F)c(F)c1F)c1cc(Br)cc2c1OCC2. The predicted octanol–water partition coefficient (Wildman–Crippen LogP) is 3.85. The minimum atomic E-state index is -1.52. The molecule has 2 aromatic carbocycles. The maximum absolute atomic E-state index is 13.9. The van der Waals surface area contributed by atoms with Gasteiger partial charge in [0.2, 0.25) is 0 Å². The van der Waals surface area contributed by atoms with Crippen molar-refractivity contribution in [2.75, 3.05) is 6.61 Å². The summed E-state index contributed by atoms with van der Waals surface area (Å²) < 4.78 is 46.6. The quantitative estimate of drug-likeness (QED) is 0.828. The molecular formula is C15H11BrF3NO. The van der Waals surface area contributed by atoms with Crippen LogP contribution in [0.2, 0.25) is 0 Å². The summed E-state index contributed by atoms with van der Waals surface area (Å²) in [4.78, 5) is 0. The van der Waals surface area contributed by atoms with Crippen molar-refractivity contribution >= 4 is 15.9 Å². The van der Waals surface area contributed by atoms with Crippen molar-refractivity contribution < 1.29 is 17.9 Å². The maximum atomic E-state index is 13.9. The predicted molar refractivity (Wildman–Crippen MR) is 75.7 cm³/mol. The standard InChI is InChI=1S/C15H11BrF3NO/c16-8-5-7-3-4-21-15(7)10(6-8)14(20)9-1-2-11(17)13(19)12(9)18/h1-2,5-6,14H,3-4,20H2. The van der Waals surface area contributed by atoms with Gasteiger partial charge in [0.05, 0.1) is 12.6 Å². The molecule has 1 heterocycles. The number of hydrogen-bond donors (Lipinski definition) is 1. The Morgan fingerprint density at radius 3 is 2.62 bits per heavy atom. The number of hydrogen-bond acceptors (Lipinski definition) is 2. The lowest BCUT2D eigenvalue weighted by atomic mass is 9.96. The van der Waals surface area contributed by atoms with E-state index in [0.29, 0.717) is 17.9 Å². The zero-order valence-corrected chi connectivity index (χ0v) is 12.4. The molecule has 1 aliphatic heterocycles. The molecule has 21 heavy (non-hydrogen) atoms. The first-order valence-corrected chi connectivity index (χ1v) is 7.12. The molecule has 0 spiro atoms. The molecule has 1 aliphatic rings. The van der Waals surface area contributed by atoms with Crippen molar-refractivity contribution in [3.63, 3.8) is 0 Å². The molecule has 110 valence electrons. The molecule has 0 amide bonds. The molecule has 0 saturated carbocycles. The molecule has 0 fully saturated rings. The van der Waals surface area contributed by atoms with E-state index in [1.165, 1.54) is 0 Å². The maximum Gasteiger partial charge on any atom is 0.194 e. The third kappa shape index (κ3) is 2.42. The van der Waals surface area contributed by atoms with Crippen molar-refractivity contribution in [2.45, 2.75) is 12.5 Å². The molecule has 2 nitrogen and oxygen atoms in total. The fraction of sp³-hybridized carbons (Fsp3) is 0.200. The second kappa shape index (κ2) is 5.35. The van der Waals surface area contributed by atoms with Crippen LogP contribution in [0, 0.1) is 17.5 Å². The fourth-order valence-corrected chi connectivity index (χ4v) is 3.00. The van der Waals surface area contributed by atoms with Gasteiger partial charge in [0.15, 0.2) is 17.5 Å². The van der Waals surface area contributed by atoms with Crippen LogP contribution in [0.3, 0.4) is 0 Å². The van der Waals surface area contributed by atoms with Gasteiger partial charge in [0.25, 0.3) is 0 Å². The summed E-state index contributed by atoms with van der Waals surface area (Å²) in [6.45, 7) is 0.520. The van der Waals surface area contributed by atoms with E-state index in [1.807, 2.05) is 6.07 Å². The zero-order valence-electron chi connectivity index (χ0n) is 10.8. The molecule has 0 bridgehead atoms. The van der Waals surface area contributed by atoms with Crippen molar-refractivity contribution in [1.82, 2.24) is 0 Å². The van der Waals surface area contributed by atoms with Gasteiger partial charge in [0.1, 0.15) is 5.75 Å². The van der Waals surface area contributed by atoms with E-state index in [9.17, 15) is 13.2 Å². The Balaban J connectivity index is 2.12. The van der Waals surface area contributed by atoms with Crippen molar-refractivity contribution in [3.05, 3.63) is 62.9 Å². The molecule has 2 N–H and O–H groups in total. The van der Waals surface area contributed by atoms with Crippen LogP contribution in [-0.2, 0) is 6.42 Å². The molecular weight excluding hydrogens is 347 g/mol. The highest BCUT2D eigenvalue weighted by molar-refractivity contribution is 9.10. The Morgan fingerprint density at radius 1 is 1.10 bits per heavy atom. The number of nitrogens with two attached hydrogens (primary N) is 1. The van der Waals surface area contributed by atoms with Crippen LogP contribution in [0.4, 0.5) is 13.2 Å². The van der Waals surface area contributed by atoms with E-state index in [0.717, 1.165) is 28.6 Å². The van der Waals surface area contributed by atoms with Crippen LogP contribution < -0.4 is 10.5 Å². The molecule has 0 saturated heterocycles. The molecule has 0 aliphatic carbocycles. The first-order valence-electron chi connectivity index (χ1n) is 6.33. The Hall–Kier alpha value is -1.53. The normalized spacial score (nSPS) is 14.7. The van der Waals surface area contributed by atoms with Gasteiger partial charge in [-0.15, -0.1) is 0 Å². The van der Waals surface area contributed by atoms with Gasteiger partial charge in [0, 0.05) is 22.0 Å².